The molecule has 0 aliphatic carbocycles. The zero-order valence-corrected chi connectivity index (χ0v) is 11.5. The molecule has 0 aliphatic rings. The van der Waals surface area contributed by atoms with Crippen molar-refractivity contribution in [1.82, 2.24) is 0 Å². The Balaban J connectivity index is 2.42. The maximum absolute atomic E-state index is 9.64. The average molecular weight is 273 g/mol. The SMILES string of the molecule is C[C@H](O)c1cc(Cl)ccc1OCCCCCCO. The van der Waals surface area contributed by atoms with E-state index in [9.17, 15) is 5.11 Å². The van der Waals surface area contributed by atoms with Crippen molar-refractivity contribution in [2.75, 3.05) is 13.2 Å². The first kappa shape index (κ1) is 15.3. The summed E-state index contributed by atoms with van der Waals surface area (Å²) in [5, 5.41) is 18.9. The standard InChI is InChI=1S/C14H21ClO3/c1-11(17)13-10-12(15)6-7-14(13)18-9-5-3-2-4-8-16/h6-7,10-11,16-17H,2-5,8-9H2,1H3/t11-/m0/s1. The molecule has 0 saturated heterocycles. The molecule has 0 heterocycles. The van der Waals surface area contributed by atoms with Gasteiger partial charge in [-0.25, -0.2) is 0 Å². The highest BCUT2D eigenvalue weighted by Gasteiger charge is 2.09. The summed E-state index contributed by atoms with van der Waals surface area (Å²) in [6, 6.07) is 5.28. The Morgan fingerprint density at radius 3 is 2.61 bits per heavy atom. The summed E-state index contributed by atoms with van der Waals surface area (Å²) in [6.07, 6.45) is 3.26. The van der Waals surface area contributed by atoms with Gasteiger partial charge in [0.25, 0.3) is 0 Å². The van der Waals surface area contributed by atoms with Gasteiger partial charge in [-0.05, 0) is 44.4 Å². The Morgan fingerprint density at radius 2 is 1.94 bits per heavy atom. The van der Waals surface area contributed by atoms with Crippen LogP contribution >= 0.6 is 11.6 Å². The molecule has 0 unspecified atom stereocenters. The van der Waals surface area contributed by atoms with Gasteiger partial charge in [-0.1, -0.05) is 18.0 Å². The van der Waals surface area contributed by atoms with Gasteiger partial charge in [0.05, 0.1) is 12.7 Å². The number of benzene rings is 1. The minimum atomic E-state index is -0.590. The minimum absolute atomic E-state index is 0.254. The molecule has 1 aromatic rings. The molecule has 0 fully saturated rings. The number of hydrogen-bond acceptors (Lipinski definition) is 3. The first-order chi connectivity index (χ1) is 8.65. The molecule has 1 aromatic carbocycles. The van der Waals surface area contributed by atoms with Crippen LogP contribution in [0, 0.1) is 0 Å². The topological polar surface area (TPSA) is 49.7 Å². The fourth-order valence-electron chi connectivity index (χ4n) is 1.73. The summed E-state index contributed by atoms with van der Waals surface area (Å²) >= 11 is 5.89. The van der Waals surface area contributed by atoms with Crippen molar-refractivity contribution in [2.24, 2.45) is 0 Å². The van der Waals surface area contributed by atoms with Crippen LogP contribution in [0.5, 0.6) is 5.75 Å². The lowest BCUT2D eigenvalue weighted by molar-refractivity contribution is 0.190. The number of aliphatic hydroxyl groups excluding tert-OH is 2. The van der Waals surface area contributed by atoms with Crippen molar-refractivity contribution in [2.45, 2.75) is 38.7 Å². The first-order valence-electron chi connectivity index (χ1n) is 6.36. The fraction of sp³-hybridized carbons (Fsp3) is 0.571. The van der Waals surface area contributed by atoms with Crippen LogP contribution < -0.4 is 4.74 Å². The lowest BCUT2D eigenvalue weighted by atomic mass is 10.1. The largest absolute Gasteiger partial charge is 0.493 e. The van der Waals surface area contributed by atoms with Gasteiger partial charge in [-0.3, -0.25) is 0 Å². The number of unbranched alkanes of at least 4 members (excludes halogenated alkanes) is 3. The summed E-state index contributed by atoms with van der Waals surface area (Å²) < 4.78 is 5.65. The number of aliphatic hydroxyl groups is 2. The van der Waals surface area contributed by atoms with Gasteiger partial charge in [0.2, 0.25) is 0 Å². The summed E-state index contributed by atoms with van der Waals surface area (Å²) in [5.41, 5.74) is 0.720. The summed E-state index contributed by atoms with van der Waals surface area (Å²) in [4.78, 5) is 0. The molecular weight excluding hydrogens is 252 g/mol. The van der Waals surface area contributed by atoms with Crippen molar-refractivity contribution < 1.29 is 14.9 Å². The van der Waals surface area contributed by atoms with E-state index in [0.717, 1.165) is 31.2 Å². The van der Waals surface area contributed by atoms with Gasteiger partial charge in [0, 0.05) is 17.2 Å². The molecule has 0 radical (unpaired) electrons. The molecule has 0 spiro atoms. The van der Waals surface area contributed by atoms with Gasteiger partial charge in [-0.15, -0.1) is 0 Å². The zero-order valence-electron chi connectivity index (χ0n) is 10.7. The average Bonchev–Trinajstić information content (AvgIpc) is 2.35. The quantitative estimate of drug-likeness (QED) is 0.714. The van der Waals surface area contributed by atoms with E-state index in [0.29, 0.717) is 17.4 Å². The minimum Gasteiger partial charge on any atom is -0.493 e. The molecule has 0 aromatic heterocycles. The van der Waals surface area contributed by atoms with Gasteiger partial charge in [0.1, 0.15) is 5.75 Å². The molecule has 0 bridgehead atoms. The van der Waals surface area contributed by atoms with Gasteiger partial charge in [-0.2, -0.15) is 0 Å². The molecule has 2 N–H and O–H groups in total. The molecule has 0 amide bonds. The Kier molecular flexibility index (Phi) is 7.09. The third-order valence-corrected chi connectivity index (χ3v) is 2.97. The van der Waals surface area contributed by atoms with Crippen LogP contribution in [0.4, 0.5) is 0 Å². The summed E-state index contributed by atoms with van der Waals surface area (Å²) in [5.74, 6) is 0.691. The normalized spacial score (nSPS) is 12.4. The van der Waals surface area contributed by atoms with E-state index in [1.807, 2.05) is 0 Å². The van der Waals surface area contributed by atoms with E-state index >= 15 is 0 Å². The smallest absolute Gasteiger partial charge is 0.125 e. The van der Waals surface area contributed by atoms with Crippen molar-refractivity contribution in [3.63, 3.8) is 0 Å². The van der Waals surface area contributed by atoms with Crippen molar-refractivity contribution in [1.29, 1.82) is 0 Å². The molecule has 1 rings (SSSR count). The molecule has 1 atom stereocenters. The van der Waals surface area contributed by atoms with E-state index in [-0.39, 0.29) is 6.61 Å². The number of hydrogen-bond donors (Lipinski definition) is 2. The Labute approximate surface area is 113 Å². The lowest BCUT2D eigenvalue weighted by Gasteiger charge is -2.13. The van der Waals surface area contributed by atoms with Crippen molar-refractivity contribution in [3.05, 3.63) is 28.8 Å². The predicted molar refractivity (Wildman–Crippen MR) is 73.1 cm³/mol. The molecule has 102 valence electrons. The Morgan fingerprint density at radius 1 is 1.22 bits per heavy atom. The van der Waals surface area contributed by atoms with E-state index < -0.39 is 6.10 Å². The van der Waals surface area contributed by atoms with Crippen LogP contribution in [0.2, 0.25) is 5.02 Å². The molecule has 3 nitrogen and oxygen atoms in total. The van der Waals surface area contributed by atoms with Crippen molar-refractivity contribution >= 4 is 11.6 Å². The number of rotatable bonds is 8. The van der Waals surface area contributed by atoms with Crippen LogP contribution in [0.25, 0.3) is 0 Å². The molecule has 0 aliphatic heterocycles. The van der Waals surface area contributed by atoms with Gasteiger partial charge < -0.3 is 14.9 Å². The van der Waals surface area contributed by atoms with Crippen LogP contribution in [0.1, 0.15) is 44.3 Å². The Bertz CT molecular complexity index is 353. The van der Waals surface area contributed by atoms with E-state index in [1.54, 1.807) is 25.1 Å². The number of ether oxygens (including phenoxy) is 1. The fourth-order valence-corrected chi connectivity index (χ4v) is 1.91. The summed E-state index contributed by atoms with van der Waals surface area (Å²) in [6.45, 7) is 2.57. The van der Waals surface area contributed by atoms with Crippen LogP contribution in [0.3, 0.4) is 0 Å². The van der Waals surface area contributed by atoms with E-state index in [4.69, 9.17) is 21.4 Å². The maximum Gasteiger partial charge on any atom is 0.125 e. The Hall–Kier alpha value is -0.770. The van der Waals surface area contributed by atoms with E-state index in [1.165, 1.54) is 0 Å². The second-order valence-electron chi connectivity index (χ2n) is 4.34. The first-order valence-corrected chi connectivity index (χ1v) is 6.74. The highest BCUT2D eigenvalue weighted by molar-refractivity contribution is 6.30. The second kappa shape index (κ2) is 8.35. The highest BCUT2D eigenvalue weighted by atomic mass is 35.5. The maximum atomic E-state index is 9.64. The zero-order chi connectivity index (χ0) is 13.4. The predicted octanol–water partition coefficient (Wildman–Crippen LogP) is 3.32. The third-order valence-electron chi connectivity index (χ3n) is 2.73. The molecule has 18 heavy (non-hydrogen) atoms. The summed E-state index contributed by atoms with van der Waals surface area (Å²) in [7, 11) is 0. The molecule has 0 saturated carbocycles. The van der Waals surface area contributed by atoms with Crippen molar-refractivity contribution in [3.8, 4) is 5.75 Å². The highest BCUT2D eigenvalue weighted by Crippen LogP contribution is 2.28. The monoisotopic (exact) mass is 272 g/mol. The van der Waals surface area contributed by atoms with Gasteiger partial charge >= 0.3 is 0 Å². The number of halogens is 1. The van der Waals surface area contributed by atoms with E-state index in [2.05, 4.69) is 0 Å². The van der Waals surface area contributed by atoms with Crippen LogP contribution in [-0.2, 0) is 0 Å². The third kappa shape index (κ3) is 5.25. The van der Waals surface area contributed by atoms with Crippen LogP contribution in [0.15, 0.2) is 18.2 Å². The van der Waals surface area contributed by atoms with Gasteiger partial charge in [0.15, 0.2) is 0 Å². The molecule has 4 heteroatoms. The lowest BCUT2D eigenvalue weighted by Crippen LogP contribution is -2.02. The second-order valence-corrected chi connectivity index (χ2v) is 4.78. The molecular formula is C14H21ClO3. The van der Waals surface area contributed by atoms with Crippen LogP contribution in [-0.4, -0.2) is 23.4 Å².